The molecule has 0 radical (unpaired) electrons. The molecule has 3 aromatic rings. The summed E-state index contributed by atoms with van der Waals surface area (Å²) in [7, 11) is 0. The van der Waals surface area contributed by atoms with E-state index >= 15 is 0 Å². The summed E-state index contributed by atoms with van der Waals surface area (Å²) in [4.78, 5) is 4.53. The lowest BCUT2D eigenvalue weighted by atomic mass is 10.2. The molecule has 3 heteroatoms. The van der Waals surface area contributed by atoms with Crippen LogP contribution in [0.1, 0.15) is 11.1 Å². The standard InChI is InChI=1S/C19H19N3/c1-14-12-18(22-17-11-7-6-8-15(17)2)19(20-13-14)21-16-9-4-3-5-10-16/h3-13,22H,1-2H3,(H,20,21). The molecule has 0 atom stereocenters. The maximum atomic E-state index is 4.53. The number of hydrogen-bond acceptors (Lipinski definition) is 3. The van der Waals surface area contributed by atoms with Crippen LogP contribution < -0.4 is 10.6 Å². The number of aromatic nitrogens is 1. The molecule has 0 saturated carbocycles. The molecule has 0 unspecified atom stereocenters. The maximum Gasteiger partial charge on any atom is 0.154 e. The predicted molar refractivity (Wildman–Crippen MR) is 93.2 cm³/mol. The van der Waals surface area contributed by atoms with Gasteiger partial charge < -0.3 is 10.6 Å². The van der Waals surface area contributed by atoms with E-state index in [2.05, 4.69) is 40.7 Å². The third kappa shape index (κ3) is 3.26. The number of nitrogens with one attached hydrogen (secondary N) is 2. The van der Waals surface area contributed by atoms with Gasteiger partial charge in [0.25, 0.3) is 0 Å². The van der Waals surface area contributed by atoms with Crippen LogP contribution in [0.3, 0.4) is 0 Å². The quantitative estimate of drug-likeness (QED) is 0.694. The number of pyridine rings is 1. The highest BCUT2D eigenvalue weighted by Gasteiger charge is 2.07. The molecule has 0 aliphatic carbocycles. The van der Waals surface area contributed by atoms with Crippen LogP contribution >= 0.6 is 0 Å². The number of hydrogen-bond donors (Lipinski definition) is 2. The van der Waals surface area contributed by atoms with E-state index in [-0.39, 0.29) is 0 Å². The summed E-state index contributed by atoms with van der Waals surface area (Å²) >= 11 is 0. The average Bonchev–Trinajstić information content (AvgIpc) is 2.53. The third-order valence-electron chi connectivity index (χ3n) is 3.48. The van der Waals surface area contributed by atoms with Crippen molar-refractivity contribution >= 4 is 22.9 Å². The lowest BCUT2D eigenvalue weighted by Crippen LogP contribution is -2.01. The van der Waals surface area contributed by atoms with Crippen LogP contribution in [0.2, 0.25) is 0 Å². The summed E-state index contributed by atoms with van der Waals surface area (Å²) in [5.41, 5.74) is 5.40. The minimum absolute atomic E-state index is 0.819. The zero-order valence-electron chi connectivity index (χ0n) is 12.8. The number of aryl methyl sites for hydroxylation is 2. The maximum absolute atomic E-state index is 4.53. The van der Waals surface area contributed by atoms with Crippen molar-refractivity contribution in [2.45, 2.75) is 13.8 Å². The number of anilines is 4. The SMILES string of the molecule is Cc1cnc(Nc2ccccc2)c(Nc2ccccc2C)c1. The summed E-state index contributed by atoms with van der Waals surface area (Å²) < 4.78 is 0. The Bertz CT molecular complexity index is 767. The number of benzene rings is 2. The smallest absolute Gasteiger partial charge is 0.154 e. The Balaban J connectivity index is 1.93. The van der Waals surface area contributed by atoms with Gasteiger partial charge in [0.15, 0.2) is 5.82 Å². The van der Waals surface area contributed by atoms with Crippen LogP contribution in [0.4, 0.5) is 22.9 Å². The van der Waals surface area contributed by atoms with Crippen LogP contribution in [-0.2, 0) is 0 Å². The molecule has 0 aliphatic heterocycles. The fourth-order valence-corrected chi connectivity index (χ4v) is 2.28. The molecule has 22 heavy (non-hydrogen) atoms. The first-order valence-corrected chi connectivity index (χ1v) is 7.34. The van der Waals surface area contributed by atoms with Gasteiger partial charge in [-0.2, -0.15) is 0 Å². The topological polar surface area (TPSA) is 37.0 Å². The minimum atomic E-state index is 0.819. The molecule has 0 spiro atoms. The minimum Gasteiger partial charge on any atom is -0.352 e. The molecule has 0 saturated heterocycles. The molecular weight excluding hydrogens is 270 g/mol. The average molecular weight is 289 g/mol. The van der Waals surface area contributed by atoms with E-state index in [0.29, 0.717) is 0 Å². The van der Waals surface area contributed by atoms with Crippen molar-refractivity contribution in [2.24, 2.45) is 0 Å². The number of nitrogens with zero attached hydrogens (tertiary/aromatic N) is 1. The Morgan fingerprint density at radius 1 is 0.773 bits per heavy atom. The Morgan fingerprint density at radius 3 is 2.27 bits per heavy atom. The van der Waals surface area contributed by atoms with Gasteiger partial charge in [-0.3, -0.25) is 0 Å². The summed E-state index contributed by atoms with van der Waals surface area (Å²) in [5, 5.41) is 6.84. The van der Waals surface area contributed by atoms with E-state index in [1.165, 1.54) is 5.56 Å². The molecule has 2 aromatic carbocycles. The second-order valence-electron chi connectivity index (χ2n) is 5.34. The van der Waals surface area contributed by atoms with Crippen molar-refractivity contribution < 1.29 is 0 Å². The summed E-state index contributed by atoms with van der Waals surface area (Å²) in [6.07, 6.45) is 1.87. The largest absolute Gasteiger partial charge is 0.352 e. The van der Waals surface area contributed by atoms with Gasteiger partial charge in [-0.25, -0.2) is 4.98 Å². The summed E-state index contributed by atoms with van der Waals surface area (Å²) in [6.45, 7) is 4.14. The van der Waals surface area contributed by atoms with Crippen molar-refractivity contribution in [3.63, 3.8) is 0 Å². The Labute approximate surface area is 131 Å². The van der Waals surface area contributed by atoms with Gasteiger partial charge in [0.2, 0.25) is 0 Å². The van der Waals surface area contributed by atoms with Crippen molar-refractivity contribution in [3.05, 3.63) is 78.0 Å². The van der Waals surface area contributed by atoms with Gasteiger partial charge in [0.1, 0.15) is 0 Å². The van der Waals surface area contributed by atoms with E-state index in [9.17, 15) is 0 Å². The van der Waals surface area contributed by atoms with Crippen molar-refractivity contribution in [3.8, 4) is 0 Å². The van der Waals surface area contributed by atoms with Gasteiger partial charge >= 0.3 is 0 Å². The van der Waals surface area contributed by atoms with Gasteiger partial charge in [0.05, 0.1) is 5.69 Å². The molecular formula is C19H19N3. The second-order valence-corrected chi connectivity index (χ2v) is 5.34. The first-order chi connectivity index (χ1) is 10.7. The zero-order valence-corrected chi connectivity index (χ0v) is 12.8. The molecule has 0 aliphatic rings. The van der Waals surface area contributed by atoms with E-state index in [0.717, 1.165) is 28.4 Å². The van der Waals surface area contributed by atoms with Gasteiger partial charge in [-0.1, -0.05) is 36.4 Å². The lowest BCUT2D eigenvalue weighted by Gasteiger charge is -2.15. The molecule has 1 aromatic heterocycles. The van der Waals surface area contributed by atoms with Gasteiger partial charge in [-0.15, -0.1) is 0 Å². The monoisotopic (exact) mass is 289 g/mol. The van der Waals surface area contributed by atoms with Crippen molar-refractivity contribution in [1.29, 1.82) is 0 Å². The third-order valence-corrected chi connectivity index (χ3v) is 3.48. The molecule has 0 fully saturated rings. The van der Waals surface area contributed by atoms with Crippen LogP contribution in [0.15, 0.2) is 66.9 Å². The Hall–Kier alpha value is -2.81. The number of para-hydroxylation sites is 2. The predicted octanol–water partition coefficient (Wildman–Crippen LogP) is 5.19. The van der Waals surface area contributed by atoms with E-state index < -0.39 is 0 Å². The summed E-state index contributed by atoms with van der Waals surface area (Å²) in [5.74, 6) is 0.819. The summed E-state index contributed by atoms with van der Waals surface area (Å²) in [6, 6.07) is 20.4. The lowest BCUT2D eigenvalue weighted by molar-refractivity contribution is 1.25. The normalized spacial score (nSPS) is 10.3. The van der Waals surface area contributed by atoms with Crippen molar-refractivity contribution in [2.75, 3.05) is 10.6 Å². The van der Waals surface area contributed by atoms with E-state index in [4.69, 9.17) is 0 Å². The molecule has 2 N–H and O–H groups in total. The first-order valence-electron chi connectivity index (χ1n) is 7.34. The second kappa shape index (κ2) is 6.31. The fourth-order valence-electron chi connectivity index (χ4n) is 2.28. The zero-order chi connectivity index (χ0) is 15.4. The molecule has 3 rings (SSSR count). The van der Waals surface area contributed by atoms with Gasteiger partial charge in [0, 0.05) is 17.6 Å². The van der Waals surface area contributed by atoms with Crippen LogP contribution in [0.5, 0.6) is 0 Å². The van der Waals surface area contributed by atoms with E-state index in [1.54, 1.807) is 0 Å². The Morgan fingerprint density at radius 2 is 1.50 bits per heavy atom. The highest BCUT2D eigenvalue weighted by molar-refractivity contribution is 5.76. The highest BCUT2D eigenvalue weighted by atomic mass is 15.0. The highest BCUT2D eigenvalue weighted by Crippen LogP contribution is 2.28. The fraction of sp³-hybridized carbons (Fsp3) is 0.105. The first kappa shape index (κ1) is 14.1. The van der Waals surface area contributed by atoms with Crippen LogP contribution in [0, 0.1) is 13.8 Å². The van der Waals surface area contributed by atoms with Crippen molar-refractivity contribution in [1.82, 2.24) is 4.98 Å². The van der Waals surface area contributed by atoms with E-state index in [1.807, 2.05) is 55.6 Å². The molecule has 3 nitrogen and oxygen atoms in total. The van der Waals surface area contributed by atoms with Crippen LogP contribution in [-0.4, -0.2) is 4.98 Å². The van der Waals surface area contributed by atoms with Gasteiger partial charge in [-0.05, 0) is 49.2 Å². The molecule has 0 amide bonds. The molecule has 1 heterocycles. The van der Waals surface area contributed by atoms with Crippen LogP contribution in [0.25, 0.3) is 0 Å². The Kier molecular flexibility index (Phi) is 4.05. The molecule has 110 valence electrons. The number of rotatable bonds is 4. The molecule has 0 bridgehead atoms.